The topological polar surface area (TPSA) is 66.8 Å². The summed E-state index contributed by atoms with van der Waals surface area (Å²) in [5.41, 5.74) is 0. The van der Waals surface area contributed by atoms with Crippen LogP contribution in [0.5, 0.6) is 0 Å². The zero-order chi connectivity index (χ0) is 7.28. The third kappa shape index (κ3) is 3.40. The van der Waals surface area contributed by atoms with Crippen LogP contribution in [-0.4, -0.2) is 35.3 Å². The van der Waals surface area contributed by atoms with Crippen molar-refractivity contribution >= 4 is 14.8 Å². The Hall–Kier alpha value is -0.180. The van der Waals surface area contributed by atoms with E-state index < -0.39 is 20.9 Å². The molecule has 5 heteroatoms. The number of hydrogen-bond acceptors (Lipinski definition) is 4. The Kier molecular flexibility index (Phi) is 4.58. The summed E-state index contributed by atoms with van der Waals surface area (Å²) in [5, 5.41) is 8.69. The normalized spacial score (nSPS) is 14.1. The molecule has 54 valence electrons. The lowest BCUT2D eigenvalue weighted by molar-refractivity contribution is -0.149. The molecular formula is C4H9O4P. The number of carbonyl (C=O) groups is 1. The first-order valence-electron chi connectivity index (χ1n) is 2.35. The molecule has 2 N–H and O–H groups in total. The summed E-state index contributed by atoms with van der Waals surface area (Å²) < 4.78 is 4.17. The van der Waals surface area contributed by atoms with Gasteiger partial charge in [-0.15, -0.1) is 0 Å². The number of carbonyl (C=O) groups excluding carboxylic acids is 1. The lowest BCUT2D eigenvalue weighted by atomic mass is 10.4. The molecule has 2 atom stereocenters. The Morgan fingerprint density at radius 1 is 1.89 bits per heavy atom. The van der Waals surface area contributed by atoms with Gasteiger partial charge in [0.1, 0.15) is 0 Å². The summed E-state index contributed by atoms with van der Waals surface area (Å²) >= 11 is 0. The van der Waals surface area contributed by atoms with Gasteiger partial charge in [0.05, 0.1) is 7.11 Å². The third-order valence-corrected chi connectivity index (χ3v) is 1.33. The molecule has 0 rings (SSSR count). The molecule has 0 aliphatic rings. The van der Waals surface area contributed by atoms with Gasteiger partial charge in [0.25, 0.3) is 0 Å². The molecule has 0 aromatic carbocycles. The zero-order valence-corrected chi connectivity index (χ0v) is 6.00. The van der Waals surface area contributed by atoms with Crippen LogP contribution in [0.3, 0.4) is 0 Å². The van der Waals surface area contributed by atoms with Crippen LogP contribution in [0, 0.1) is 0 Å². The van der Waals surface area contributed by atoms with Gasteiger partial charge in [0, 0.05) is 15.0 Å². The number of methoxy groups -OCH3 is 1. The lowest BCUT2D eigenvalue weighted by Gasteiger charge is -2.03. The predicted molar refractivity (Wildman–Crippen MR) is 33.4 cm³/mol. The predicted octanol–water partition coefficient (Wildman–Crippen LogP) is -0.894. The first kappa shape index (κ1) is 8.82. The fraction of sp³-hybridized carbons (Fsp3) is 0.750. The van der Waals surface area contributed by atoms with Crippen molar-refractivity contribution in [2.24, 2.45) is 0 Å². The van der Waals surface area contributed by atoms with Gasteiger partial charge in [-0.05, 0) is 0 Å². The van der Waals surface area contributed by atoms with Crippen LogP contribution in [0.25, 0.3) is 0 Å². The van der Waals surface area contributed by atoms with Gasteiger partial charge in [-0.25, -0.2) is 4.79 Å². The van der Waals surface area contributed by atoms with Crippen molar-refractivity contribution in [2.75, 3.05) is 13.3 Å². The summed E-state index contributed by atoms with van der Waals surface area (Å²) in [4.78, 5) is 18.6. The van der Waals surface area contributed by atoms with Gasteiger partial charge in [0.2, 0.25) is 0 Å². The van der Waals surface area contributed by atoms with E-state index in [0.717, 1.165) is 0 Å². The van der Waals surface area contributed by atoms with E-state index in [2.05, 4.69) is 4.74 Å². The Balaban J connectivity index is 3.45. The summed E-state index contributed by atoms with van der Waals surface area (Å²) in [6.45, 7) is 0. The molecule has 0 radical (unpaired) electrons. The van der Waals surface area contributed by atoms with E-state index in [1.54, 1.807) is 0 Å². The number of ether oxygens (including phenoxy) is 1. The summed E-state index contributed by atoms with van der Waals surface area (Å²) in [5.74, 6) is -0.698. The van der Waals surface area contributed by atoms with Crippen molar-refractivity contribution in [2.45, 2.75) is 6.10 Å². The minimum Gasteiger partial charge on any atom is -0.467 e. The maximum atomic E-state index is 10.3. The third-order valence-electron chi connectivity index (χ3n) is 0.758. The second-order valence-corrected chi connectivity index (χ2v) is 2.13. The molecule has 0 saturated carbocycles. The first-order valence-corrected chi connectivity index (χ1v) is 3.50. The van der Waals surface area contributed by atoms with Crippen molar-refractivity contribution in [3.8, 4) is 0 Å². The molecule has 9 heavy (non-hydrogen) atoms. The fourth-order valence-corrected chi connectivity index (χ4v) is 0.645. The maximum absolute atomic E-state index is 10.3. The van der Waals surface area contributed by atoms with Crippen LogP contribution in [0.2, 0.25) is 0 Å². The van der Waals surface area contributed by atoms with E-state index in [1.807, 2.05) is 0 Å². The van der Waals surface area contributed by atoms with E-state index in [0.29, 0.717) is 0 Å². The first-order chi connectivity index (χ1) is 4.22. The Labute approximate surface area is 54.7 Å². The van der Waals surface area contributed by atoms with Crippen molar-refractivity contribution in [1.29, 1.82) is 0 Å². The van der Waals surface area contributed by atoms with Crippen LogP contribution in [0.15, 0.2) is 0 Å². The number of hydrogen-bond donors (Lipinski definition) is 2. The van der Waals surface area contributed by atoms with Gasteiger partial charge in [-0.1, -0.05) is 0 Å². The molecule has 0 saturated heterocycles. The molecule has 4 nitrogen and oxygen atoms in total. The molecule has 2 unspecified atom stereocenters. The lowest BCUT2D eigenvalue weighted by Crippen LogP contribution is -2.23. The highest BCUT2D eigenvalue weighted by Gasteiger charge is 2.13. The molecule has 0 spiro atoms. The van der Waals surface area contributed by atoms with E-state index in [9.17, 15) is 4.79 Å². The number of aliphatic hydroxyl groups excluding tert-OH is 1. The van der Waals surface area contributed by atoms with Crippen LogP contribution in [-0.2, 0) is 9.53 Å². The van der Waals surface area contributed by atoms with Crippen LogP contribution in [0.1, 0.15) is 0 Å². The van der Waals surface area contributed by atoms with Crippen LogP contribution < -0.4 is 0 Å². The van der Waals surface area contributed by atoms with Gasteiger partial charge in [0.15, 0.2) is 6.10 Å². The molecule has 0 heterocycles. The highest BCUT2D eigenvalue weighted by Crippen LogP contribution is 2.04. The average molecular weight is 152 g/mol. The van der Waals surface area contributed by atoms with Gasteiger partial charge in [-0.3, -0.25) is 0 Å². The molecule has 0 aromatic rings. The smallest absolute Gasteiger partial charge is 0.335 e. The number of esters is 1. The molecule has 0 aromatic heterocycles. The van der Waals surface area contributed by atoms with Gasteiger partial charge < -0.3 is 14.7 Å². The quantitative estimate of drug-likeness (QED) is 0.406. The van der Waals surface area contributed by atoms with Crippen LogP contribution in [0.4, 0.5) is 0 Å². The van der Waals surface area contributed by atoms with E-state index in [-0.39, 0.29) is 6.16 Å². The maximum Gasteiger partial charge on any atom is 0.335 e. The summed E-state index contributed by atoms with van der Waals surface area (Å²) in [6, 6.07) is 0. The molecule has 0 bridgehead atoms. The Morgan fingerprint density at radius 2 is 2.44 bits per heavy atom. The number of aliphatic hydroxyl groups is 1. The Morgan fingerprint density at radius 3 is 2.78 bits per heavy atom. The Bertz CT molecular complexity index is 94.6. The van der Waals surface area contributed by atoms with E-state index in [1.165, 1.54) is 7.11 Å². The zero-order valence-electron chi connectivity index (χ0n) is 5.00. The van der Waals surface area contributed by atoms with Crippen molar-refractivity contribution in [1.82, 2.24) is 0 Å². The summed E-state index contributed by atoms with van der Waals surface area (Å²) in [7, 11) is 0.770. The van der Waals surface area contributed by atoms with Crippen molar-refractivity contribution in [3.05, 3.63) is 0 Å². The van der Waals surface area contributed by atoms with Crippen molar-refractivity contribution in [3.63, 3.8) is 0 Å². The van der Waals surface area contributed by atoms with Gasteiger partial charge >= 0.3 is 5.97 Å². The van der Waals surface area contributed by atoms with Gasteiger partial charge in [-0.2, -0.15) is 0 Å². The summed E-state index contributed by atoms with van der Waals surface area (Å²) in [6.07, 6.45) is -1.11. The second kappa shape index (κ2) is 4.68. The standard InChI is InChI=1S/C4H9O4P/c1-8-4(6)3(5)2-9-7/h3,5,7,9H,2H2,1H3. The average Bonchev–Trinajstić information content (AvgIpc) is 1.87. The molecule has 0 amide bonds. The highest BCUT2D eigenvalue weighted by molar-refractivity contribution is 7.31. The molecule has 0 fully saturated rings. The van der Waals surface area contributed by atoms with E-state index >= 15 is 0 Å². The minimum atomic E-state index is -1.17. The SMILES string of the molecule is COC(=O)C(O)CPO. The van der Waals surface area contributed by atoms with Crippen LogP contribution >= 0.6 is 8.81 Å². The van der Waals surface area contributed by atoms with E-state index in [4.69, 9.17) is 10.00 Å². The monoisotopic (exact) mass is 152 g/mol. The highest BCUT2D eigenvalue weighted by atomic mass is 31.1. The number of rotatable bonds is 3. The largest absolute Gasteiger partial charge is 0.467 e. The molecule has 0 aliphatic heterocycles. The molecular weight excluding hydrogens is 143 g/mol. The second-order valence-electron chi connectivity index (χ2n) is 1.40. The molecule has 0 aliphatic carbocycles. The van der Waals surface area contributed by atoms with Crippen molar-refractivity contribution < 1.29 is 19.5 Å². The minimum absolute atomic E-state index is 0.0622. The fourth-order valence-electron chi connectivity index (χ4n) is 0.306.